The minimum Gasteiger partial charge on any atom is -0.337 e. The van der Waals surface area contributed by atoms with E-state index in [1.54, 1.807) is 19.1 Å². The fourth-order valence-electron chi connectivity index (χ4n) is 3.70. The maximum Gasteiger partial charge on any atom is 0.239 e. The summed E-state index contributed by atoms with van der Waals surface area (Å²) < 4.78 is 18.4. The molecule has 118 valence electrons. The van der Waals surface area contributed by atoms with E-state index in [2.05, 4.69) is 22.6 Å². The third-order valence-corrected chi connectivity index (χ3v) is 4.85. The van der Waals surface area contributed by atoms with Gasteiger partial charge in [0.1, 0.15) is 5.82 Å². The zero-order valence-corrected chi connectivity index (χ0v) is 12.8. The highest BCUT2D eigenvalue weighted by Crippen LogP contribution is 2.44. The summed E-state index contributed by atoms with van der Waals surface area (Å²) in [5, 5.41) is 6.82. The third-order valence-electron chi connectivity index (χ3n) is 4.85. The number of hydrogen-bond acceptors (Lipinski definition) is 3. The van der Waals surface area contributed by atoms with E-state index in [0.717, 1.165) is 18.4 Å². The lowest BCUT2D eigenvalue weighted by molar-refractivity contribution is -0.120. The van der Waals surface area contributed by atoms with Crippen LogP contribution in [0.5, 0.6) is 0 Å². The molecule has 1 amide bonds. The maximum absolute atomic E-state index is 13.1. The van der Waals surface area contributed by atoms with Crippen molar-refractivity contribution in [1.82, 2.24) is 5.16 Å². The summed E-state index contributed by atoms with van der Waals surface area (Å²) in [7, 11) is 0. The Morgan fingerprint density at radius 3 is 2.70 bits per heavy atom. The van der Waals surface area contributed by atoms with Crippen LogP contribution in [0.4, 0.5) is 10.3 Å². The van der Waals surface area contributed by atoms with Crippen LogP contribution in [0.2, 0.25) is 0 Å². The van der Waals surface area contributed by atoms with Crippen LogP contribution in [0.25, 0.3) is 11.1 Å². The summed E-state index contributed by atoms with van der Waals surface area (Å²) in [6.07, 6.45) is 6.31. The second-order valence-electron chi connectivity index (χ2n) is 6.35. The number of allylic oxidation sites excluding steroid dienone is 2. The zero-order chi connectivity index (χ0) is 16.0. The van der Waals surface area contributed by atoms with Crippen molar-refractivity contribution in [2.24, 2.45) is 17.8 Å². The van der Waals surface area contributed by atoms with E-state index < -0.39 is 0 Å². The lowest BCUT2D eigenvalue weighted by atomic mass is 9.93. The molecule has 1 aromatic heterocycles. The fourth-order valence-corrected chi connectivity index (χ4v) is 3.70. The molecule has 1 saturated carbocycles. The van der Waals surface area contributed by atoms with Crippen LogP contribution in [0.3, 0.4) is 0 Å². The normalized spacial score (nSPS) is 25.0. The molecule has 3 atom stereocenters. The molecule has 0 aliphatic heterocycles. The number of anilines is 1. The Labute approximate surface area is 133 Å². The van der Waals surface area contributed by atoms with Crippen molar-refractivity contribution < 1.29 is 13.7 Å². The average molecular weight is 312 g/mol. The monoisotopic (exact) mass is 312 g/mol. The van der Waals surface area contributed by atoms with Gasteiger partial charge in [-0.2, -0.15) is 0 Å². The number of fused-ring (bicyclic) bond motifs is 2. The summed E-state index contributed by atoms with van der Waals surface area (Å²) in [6.45, 7) is 1.80. The molecule has 4 rings (SSSR count). The van der Waals surface area contributed by atoms with Crippen molar-refractivity contribution in [2.75, 3.05) is 5.32 Å². The molecular weight excluding hydrogens is 295 g/mol. The topological polar surface area (TPSA) is 55.1 Å². The molecule has 5 heteroatoms. The SMILES string of the molecule is Cc1noc(NC(=O)[C@H]2C[C@@H]3C=C[C@H]2C3)c1-c1ccc(F)cc1. The van der Waals surface area contributed by atoms with Gasteiger partial charge in [-0.15, -0.1) is 0 Å². The number of benzene rings is 1. The van der Waals surface area contributed by atoms with E-state index in [1.807, 2.05) is 0 Å². The second-order valence-corrected chi connectivity index (χ2v) is 6.35. The molecule has 1 aromatic carbocycles. The minimum absolute atomic E-state index is 0.00326. The number of hydrogen-bond donors (Lipinski definition) is 1. The Bertz CT molecular complexity index is 779. The van der Waals surface area contributed by atoms with Crippen molar-refractivity contribution in [1.29, 1.82) is 0 Å². The van der Waals surface area contributed by atoms with Crippen molar-refractivity contribution in [3.05, 3.63) is 47.9 Å². The molecular formula is C18H17FN2O2. The summed E-state index contributed by atoms with van der Waals surface area (Å²) in [4.78, 5) is 12.6. The number of aromatic nitrogens is 1. The van der Waals surface area contributed by atoms with Crippen molar-refractivity contribution in [3.63, 3.8) is 0 Å². The fraction of sp³-hybridized carbons (Fsp3) is 0.333. The van der Waals surface area contributed by atoms with E-state index in [0.29, 0.717) is 29.0 Å². The average Bonchev–Trinajstić information content (AvgIpc) is 3.25. The summed E-state index contributed by atoms with van der Waals surface area (Å²) >= 11 is 0. The summed E-state index contributed by atoms with van der Waals surface area (Å²) in [6, 6.07) is 6.08. The molecule has 2 bridgehead atoms. The van der Waals surface area contributed by atoms with Gasteiger partial charge in [0, 0.05) is 5.92 Å². The quantitative estimate of drug-likeness (QED) is 0.873. The van der Waals surface area contributed by atoms with Crippen molar-refractivity contribution in [3.8, 4) is 11.1 Å². The van der Waals surface area contributed by atoms with Crippen LogP contribution in [0, 0.1) is 30.5 Å². The first kappa shape index (κ1) is 14.2. The van der Waals surface area contributed by atoms with Gasteiger partial charge in [-0.25, -0.2) is 4.39 Å². The largest absolute Gasteiger partial charge is 0.337 e. The number of nitrogens with zero attached hydrogens (tertiary/aromatic N) is 1. The van der Waals surface area contributed by atoms with Crippen LogP contribution < -0.4 is 5.32 Å². The van der Waals surface area contributed by atoms with E-state index in [4.69, 9.17) is 4.52 Å². The van der Waals surface area contributed by atoms with Gasteiger partial charge in [0.2, 0.25) is 11.8 Å². The minimum atomic E-state index is -0.304. The Morgan fingerprint density at radius 2 is 2.04 bits per heavy atom. The predicted molar refractivity (Wildman–Crippen MR) is 84.1 cm³/mol. The molecule has 23 heavy (non-hydrogen) atoms. The number of carbonyl (C=O) groups excluding carboxylic acids is 1. The molecule has 1 N–H and O–H groups in total. The highest BCUT2D eigenvalue weighted by atomic mass is 19.1. The molecule has 4 nitrogen and oxygen atoms in total. The number of carbonyl (C=O) groups is 1. The lowest BCUT2D eigenvalue weighted by Crippen LogP contribution is -2.25. The molecule has 0 radical (unpaired) electrons. The number of rotatable bonds is 3. The van der Waals surface area contributed by atoms with Crippen LogP contribution >= 0.6 is 0 Å². The molecule has 0 spiro atoms. The van der Waals surface area contributed by atoms with Gasteiger partial charge < -0.3 is 4.52 Å². The smallest absolute Gasteiger partial charge is 0.239 e. The van der Waals surface area contributed by atoms with E-state index in [1.165, 1.54) is 12.1 Å². The van der Waals surface area contributed by atoms with Crippen LogP contribution in [-0.2, 0) is 4.79 Å². The van der Waals surface area contributed by atoms with Gasteiger partial charge in [-0.1, -0.05) is 29.4 Å². The highest BCUT2D eigenvalue weighted by Gasteiger charge is 2.40. The number of aryl methyl sites for hydroxylation is 1. The maximum atomic E-state index is 13.1. The van der Waals surface area contributed by atoms with Gasteiger partial charge in [-0.05, 0) is 49.3 Å². The number of amides is 1. The first-order valence-electron chi connectivity index (χ1n) is 7.83. The molecule has 1 heterocycles. The van der Waals surface area contributed by atoms with Gasteiger partial charge in [-0.3, -0.25) is 10.1 Å². The van der Waals surface area contributed by atoms with Crippen molar-refractivity contribution >= 4 is 11.8 Å². The first-order valence-corrected chi connectivity index (χ1v) is 7.83. The standard InChI is InChI=1S/C18H17FN2O2/c1-10-16(12-4-6-14(19)7-5-12)18(23-21-10)20-17(22)15-9-11-2-3-13(15)8-11/h2-7,11,13,15H,8-9H2,1H3,(H,20,22)/t11-,13+,15+/m1/s1. The molecule has 0 unspecified atom stereocenters. The molecule has 2 aliphatic rings. The number of halogens is 1. The van der Waals surface area contributed by atoms with Crippen molar-refractivity contribution in [2.45, 2.75) is 19.8 Å². The highest BCUT2D eigenvalue weighted by molar-refractivity contribution is 5.95. The summed E-state index contributed by atoms with van der Waals surface area (Å²) in [5.41, 5.74) is 2.14. The molecule has 0 saturated heterocycles. The van der Waals surface area contributed by atoms with E-state index >= 15 is 0 Å². The van der Waals surface area contributed by atoms with Gasteiger partial charge in [0.15, 0.2) is 0 Å². The van der Waals surface area contributed by atoms with Gasteiger partial charge >= 0.3 is 0 Å². The zero-order valence-electron chi connectivity index (χ0n) is 12.8. The second kappa shape index (κ2) is 5.33. The van der Waals surface area contributed by atoms with Crippen LogP contribution in [0.1, 0.15) is 18.5 Å². The Kier molecular flexibility index (Phi) is 3.29. The summed E-state index contributed by atoms with van der Waals surface area (Å²) in [5.74, 6) is 0.868. The van der Waals surface area contributed by atoms with Gasteiger partial charge in [0.25, 0.3) is 0 Å². The van der Waals surface area contributed by atoms with E-state index in [-0.39, 0.29) is 17.6 Å². The third kappa shape index (κ3) is 2.46. The Balaban J connectivity index is 1.59. The first-order chi connectivity index (χ1) is 11.1. The Morgan fingerprint density at radius 1 is 1.26 bits per heavy atom. The predicted octanol–water partition coefficient (Wildman–Crippen LogP) is 3.94. The Hall–Kier alpha value is -2.43. The lowest BCUT2D eigenvalue weighted by Gasteiger charge is -2.16. The number of nitrogens with one attached hydrogen (secondary N) is 1. The van der Waals surface area contributed by atoms with Gasteiger partial charge in [0.05, 0.1) is 11.3 Å². The molecule has 2 aromatic rings. The van der Waals surface area contributed by atoms with Crippen LogP contribution in [-0.4, -0.2) is 11.1 Å². The van der Waals surface area contributed by atoms with Crippen LogP contribution in [0.15, 0.2) is 40.9 Å². The molecule has 1 fully saturated rings. The molecule has 2 aliphatic carbocycles. The van der Waals surface area contributed by atoms with E-state index in [9.17, 15) is 9.18 Å².